The Morgan fingerprint density at radius 2 is 1.28 bits per heavy atom. The number of rotatable bonds is 7. The summed E-state index contributed by atoms with van der Waals surface area (Å²) in [6, 6.07) is 19.8. The summed E-state index contributed by atoms with van der Waals surface area (Å²) in [6.07, 6.45) is 0. The molecule has 0 fully saturated rings. The molecule has 3 rings (SSSR count). The molecule has 3 aromatic carbocycles. The third-order valence-electron chi connectivity index (χ3n) is 4.31. The fraction of sp³-hybridized carbons (Fsp3) is 0.192. The van der Waals surface area contributed by atoms with Crippen molar-refractivity contribution < 1.29 is 23.0 Å². The standard InChI is InChI=1S/C26H23F2O3S/c1-4-17-26(2,3)31-25(29)18-30-21-9-15-24(16-10-21)32(22-11-5-19(27)6-12-22)23-13-7-20(28)8-14-23/h5-16H,18H2,1-3H3/q+1. The fourth-order valence-electron chi connectivity index (χ4n) is 3.00. The molecule has 0 aliphatic carbocycles. The van der Waals surface area contributed by atoms with Crippen LogP contribution in [0.25, 0.3) is 0 Å². The molecule has 0 unspecified atom stereocenters. The van der Waals surface area contributed by atoms with E-state index in [4.69, 9.17) is 9.47 Å². The highest BCUT2D eigenvalue weighted by Gasteiger charge is 2.29. The van der Waals surface area contributed by atoms with Gasteiger partial charge in [-0.1, -0.05) is 5.92 Å². The van der Waals surface area contributed by atoms with Crippen molar-refractivity contribution in [3.05, 3.63) is 84.4 Å². The topological polar surface area (TPSA) is 35.5 Å². The van der Waals surface area contributed by atoms with Gasteiger partial charge in [0.25, 0.3) is 0 Å². The van der Waals surface area contributed by atoms with Crippen LogP contribution in [0.4, 0.5) is 8.78 Å². The van der Waals surface area contributed by atoms with Gasteiger partial charge in [-0.15, -0.1) is 5.92 Å². The van der Waals surface area contributed by atoms with Crippen LogP contribution >= 0.6 is 0 Å². The molecule has 3 nitrogen and oxygen atoms in total. The molecule has 3 aromatic rings. The maximum atomic E-state index is 13.4. The van der Waals surface area contributed by atoms with Crippen LogP contribution in [0, 0.1) is 23.5 Å². The van der Waals surface area contributed by atoms with Crippen molar-refractivity contribution in [1.82, 2.24) is 0 Å². The quantitative estimate of drug-likeness (QED) is 0.258. The van der Waals surface area contributed by atoms with Gasteiger partial charge in [0.2, 0.25) is 0 Å². The van der Waals surface area contributed by atoms with E-state index in [1.165, 1.54) is 24.3 Å². The van der Waals surface area contributed by atoms with Gasteiger partial charge in [-0.2, -0.15) is 0 Å². The summed E-state index contributed by atoms with van der Waals surface area (Å²) in [5, 5.41) is 0. The van der Waals surface area contributed by atoms with Crippen LogP contribution in [0.2, 0.25) is 0 Å². The molecule has 0 saturated heterocycles. The lowest BCUT2D eigenvalue weighted by molar-refractivity contribution is -0.154. The zero-order valence-corrected chi connectivity index (χ0v) is 18.8. The number of ether oxygens (including phenoxy) is 2. The lowest BCUT2D eigenvalue weighted by Gasteiger charge is -2.18. The van der Waals surface area contributed by atoms with Crippen molar-refractivity contribution in [2.45, 2.75) is 41.1 Å². The molecule has 0 bridgehead atoms. The molecule has 0 aromatic heterocycles. The molecule has 0 heterocycles. The summed E-state index contributed by atoms with van der Waals surface area (Å²) in [7, 11) is -0.564. The first kappa shape index (κ1) is 23.4. The molecular weight excluding hydrogens is 430 g/mol. The van der Waals surface area contributed by atoms with Crippen LogP contribution < -0.4 is 4.74 Å². The van der Waals surface area contributed by atoms with Gasteiger partial charge in [-0.3, -0.25) is 0 Å². The van der Waals surface area contributed by atoms with E-state index in [0.717, 1.165) is 14.7 Å². The second-order valence-electron chi connectivity index (χ2n) is 7.33. The largest absolute Gasteiger partial charge is 0.482 e. The third-order valence-corrected chi connectivity index (χ3v) is 6.54. The summed E-state index contributed by atoms with van der Waals surface area (Å²) in [5.41, 5.74) is -0.877. The van der Waals surface area contributed by atoms with Crippen molar-refractivity contribution in [2.75, 3.05) is 6.61 Å². The number of halogens is 2. The molecule has 0 spiro atoms. The summed E-state index contributed by atoms with van der Waals surface area (Å²) in [6.45, 7) is 4.86. The molecule has 0 saturated carbocycles. The first-order valence-corrected chi connectivity index (χ1v) is 11.1. The van der Waals surface area contributed by atoms with Gasteiger partial charge in [-0.05, 0) is 93.6 Å². The molecule has 164 valence electrons. The predicted molar refractivity (Wildman–Crippen MR) is 121 cm³/mol. The molecule has 0 N–H and O–H groups in total. The maximum absolute atomic E-state index is 13.4. The van der Waals surface area contributed by atoms with Gasteiger partial charge in [0.05, 0.1) is 10.9 Å². The number of hydrogen-bond acceptors (Lipinski definition) is 3. The highest BCUT2D eigenvalue weighted by Crippen LogP contribution is 2.32. The molecule has 0 aliphatic rings. The Labute approximate surface area is 189 Å². The Bertz CT molecular complexity index is 1070. The smallest absolute Gasteiger partial charge is 0.345 e. The minimum Gasteiger partial charge on any atom is -0.482 e. The van der Waals surface area contributed by atoms with Crippen molar-refractivity contribution in [3.63, 3.8) is 0 Å². The molecule has 6 heteroatoms. The van der Waals surface area contributed by atoms with Crippen LogP contribution in [-0.2, 0) is 20.4 Å². The van der Waals surface area contributed by atoms with E-state index in [0.29, 0.717) is 5.75 Å². The number of benzene rings is 3. The Balaban J connectivity index is 1.77. The van der Waals surface area contributed by atoms with Crippen LogP contribution in [-0.4, -0.2) is 18.2 Å². The monoisotopic (exact) mass is 453 g/mol. The minimum absolute atomic E-state index is 0.240. The van der Waals surface area contributed by atoms with Crippen molar-refractivity contribution in [1.29, 1.82) is 0 Å². The van der Waals surface area contributed by atoms with Crippen LogP contribution in [0.3, 0.4) is 0 Å². The van der Waals surface area contributed by atoms with E-state index in [1.807, 2.05) is 12.1 Å². The van der Waals surface area contributed by atoms with Crippen molar-refractivity contribution in [3.8, 4) is 17.6 Å². The van der Waals surface area contributed by atoms with Gasteiger partial charge >= 0.3 is 5.97 Å². The van der Waals surface area contributed by atoms with E-state index in [9.17, 15) is 13.6 Å². The number of carbonyl (C=O) groups is 1. The summed E-state index contributed by atoms with van der Waals surface area (Å²) >= 11 is 0. The first-order valence-electron chi connectivity index (χ1n) is 9.91. The first-order chi connectivity index (χ1) is 15.3. The zero-order chi connectivity index (χ0) is 23.1. The maximum Gasteiger partial charge on any atom is 0.345 e. The SMILES string of the molecule is CC#CC(C)(C)OC(=O)COc1ccc([S+](c2ccc(F)cc2)c2ccc(F)cc2)cc1. The Morgan fingerprint density at radius 3 is 1.72 bits per heavy atom. The lowest BCUT2D eigenvalue weighted by Crippen LogP contribution is -2.29. The second kappa shape index (κ2) is 10.3. The summed E-state index contributed by atoms with van der Waals surface area (Å²) < 4.78 is 37.7. The number of carbonyl (C=O) groups excluding carboxylic acids is 1. The van der Waals surface area contributed by atoms with Gasteiger partial charge in [0.1, 0.15) is 17.4 Å². The summed E-state index contributed by atoms with van der Waals surface area (Å²) in [5.74, 6) is 4.90. The molecule has 32 heavy (non-hydrogen) atoms. The van der Waals surface area contributed by atoms with E-state index in [-0.39, 0.29) is 18.2 Å². The minimum atomic E-state index is -0.877. The number of esters is 1. The summed E-state index contributed by atoms with van der Waals surface area (Å²) in [4.78, 5) is 14.8. The second-order valence-corrected chi connectivity index (χ2v) is 9.36. The normalized spacial score (nSPS) is 10.9. The Hall–Kier alpha value is -3.30. The van der Waals surface area contributed by atoms with Gasteiger partial charge < -0.3 is 9.47 Å². The highest BCUT2D eigenvalue weighted by atomic mass is 32.2. The van der Waals surface area contributed by atoms with Crippen LogP contribution in [0.1, 0.15) is 20.8 Å². The average molecular weight is 454 g/mol. The Kier molecular flexibility index (Phi) is 7.55. The van der Waals surface area contributed by atoms with E-state index in [2.05, 4.69) is 11.8 Å². The molecular formula is C26H23F2O3S+. The highest BCUT2D eigenvalue weighted by molar-refractivity contribution is 7.97. The lowest BCUT2D eigenvalue weighted by atomic mass is 10.1. The molecule has 0 radical (unpaired) electrons. The van der Waals surface area contributed by atoms with Crippen LogP contribution in [0.15, 0.2) is 87.5 Å². The van der Waals surface area contributed by atoms with E-state index in [1.54, 1.807) is 57.2 Å². The average Bonchev–Trinajstić information content (AvgIpc) is 2.75. The van der Waals surface area contributed by atoms with E-state index >= 15 is 0 Å². The van der Waals surface area contributed by atoms with Gasteiger partial charge in [-0.25, -0.2) is 13.6 Å². The van der Waals surface area contributed by atoms with Crippen molar-refractivity contribution in [2.24, 2.45) is 0 Å². The molecule has 0 aliphatic heterocycles. The van der Waals surface area contributed by atoms with Gasteiger partial charge in [0.15, 0.2) is 26.9 Å². The third kappa shape index (κ3) is 6.35. The van der Waals surface area contributed by atoms with Crippen molar-refractivity contribution >= 4 is 16.9 Å². The Morgan fingerprint density at radius 1 is 0.844 bits per heavy atom. The predicted octanol–water partition coefficient (Wildman–Crippen LogP) is 5.78. The zero-order valence-electron chi connectivity index (χ0n) is 18.0. The van der Waals surface area contributed by atoms with E-state index < -0.39 is 22.5 Å². The number of hydrogen-bond donors (Lipinski definition) is 0. The fourth-order valence-corrected chi connectivity index (χ4v) is 5.05. The molecule has 0 amide bonds. The van der Waals surface area contributed by atoms with Gasteiger partial charge in [0, 0.05) is 0 Å². The van der Waals surface area contributed by atoms with Crippen LogP contribution in [0.5, 0.6) is 5.75 Å². The molecule has 0 atom stereocenters.